The molecular formula is C18H25F3IN3O3. The van der Waals surface area contributed by atoms with Gasteiger partial charge in [0, 0.05) is 20.1 Å². The van der Waals surface area contributed by atoms with E-state index in [0.29, 0.717) is 38.4 Å². The lowest BCUT2D eigenvalue weighted by Crippen LogP contribution is -2.47. The summed E-state index contributed by atoms with van der Waals surface area (Å²) in [7, 11) is 3.04. The lowest BCUT2D eigenvalue weighted by molar-refractivity contribution is -0.146. The van der Waals surface area contributed by atoms with Crippen LogP contribution >= 0.6 is 24.0 Å². The number of benzene rings is 1. The van der Waals surface area contributed by atoms with Crippen molar-refractivity contribution in [1.82, 2.24) is 10.2 Å². The fraction of sp³-hybridized carbons (Fsp3) is 0.556. The maximum atomic E-state index is 12.7. The normalized spacial score (nSPS) is 15.6. The minimum Gasteiger partial charge on any atom is -0.492 e. The van der Waals surface area contributed by atoms with Crippen LogP contribution in [0.15, 0.2) is 29.3 Å². The second kappa shape index (κ2) is 11.3. The highest BCUT2D eigenvalue weighted by Crippen LogP contribution is 2.31. The third-order valence-electron chi connectivity index (χ3n) is 4.36. The number of piperidine rings is 1. The molecule has 2 rings (SSSR count). The number of alkyl halides is 3. The van der Waals surface area contributed by atoms with Gasteiger partial charge in [0.25, 0.3) is 0 Å². The van der Waals surface area contributed by atoms with Crippen molar-refractivity contribution in [3.05, 3.63) is 29.8 Å². The van der Waals surface area contributed by atoms with E-state index >= 15 is 0 Å². The minimum absolute atomic E-state index is 0. The first-order valence-corrected chi connectivity index (χ1v) is 8.68. The van der Waals surface area contributed by atoms with Crippen molar-refractivity contribution in [3.63, 3.8) is 0 Å². The van der Waals surface area contributed by atoms with E-state index in [4.69, 9.17) is 9.47 Å². The first-order valence-electron chi connectivity index (χ1n) is 8.68. The van der Waals surface area contributed by atoms with Crippen molar-refractivity contribution in [3.8, 4) is 5.75 Å². The summed E-state index contributed by atoms with van der Waals surface area (Å²) in [5, 5.41) is 3.12. The molecule has 1 aromatic rings. The highest BCUT2D eigenvalue weighted by atomic mass is 127. The fourth-order valence-electron chi connectivity index (χ4n) is 2.92. The topological polar surface area (TPSA) is 63.2 Å². The molecule has 0 unspecified atom stereocenters. The van der Waals surface area contributed by atoms with Gasteiger partial charge in [0.15, 0.2) is 5.96 Å². The molecule has 1 fully saturated rings. The predicted molar refractivity (Wildman–Crippen MR) is 110 cm³/mol. The standard InChI is InChI=1S/C18H24F3N3O3.HI/c1-22-17(24-9-6-13(7-10-24)16(25)26-2)23-8-11-27-15-5-3-4-14(12-15)18(19,20)21;/h3-5,12-13H,6-11H2,1-2H3,(H,22,23);1H. The summed E-state index contributed by atoms with van der Waals surface area (Å²) in [4.78, 5) is 17.8. The molecule has 0 bridgehead atoms. The Balaban J connectivity index is 0.00000392. The smallest absolute Gasteiger partial charge is 0.416 e. The van der Waals surface area contributed by atoms with E-state index < -0.39 is 11.7 Å². The van der Waals surface area contributed by atoms with E-state index in [-0.39, 0.29) is 48.2 Å². The Morgan fingerprint density at radius 1 is 1.32 bits per heavy atom. The van der Waals surface area contributed by atoms with Gasteiger partial charge >= 0.3 is 12.1 Å². The molecule has 1 heterocycles. The van der Waals surface area contributed by atoms with E-state index in [9.17, 15) is 18.0 Å². The number of rotatable bonds is 5. The summed E-state index contributed by atoms with van der Waals surface area (Å²) >= 11 is 0. The molecule has 1 N–H and O–H groups in total. The summed E-state index contributed by atoms with van der Waals surface area (Å²) in [5.74, 6) is 0.562. The predicted octanol–water partition coefficient (Wildman–Crippen LogP) is 3.16. The van der Waals surface area contributed by atoms with Crippen LogP contribution in [0.1, 0.15) is 18.4 Å². The number of carbonyl (C=O) groups excluding carboxylic acids is 1. The van der Waals surface area contributed by atoms with Gasteiger partial charge in [-0.3, -0.25) is 9.79 Å². The molecular weight excluding hydrogens is 490 g/mol. The van der Waals surface area contributed by atoms with Crippen LogP contribution < -0.4 is 10.1 Å². The summed E-state index contributed by atoms with van der Waals surface area (Å²) in [5.41, 5.74) is -0.739. The van der Waals surface area contributed by atoms with Crippen LogP contribution in [0.2, 0.25) is 0 Å². The van der Waals surface area contributed by atoms with Gasteiger partial charge in [0.05, 0.1) is 25.1 Å². The Labute approximate surface area is 179 Å². The zero-order valence-electron chi connectivity index (χ0n) is 15.8. The average molecular weight is 515 g/mol. The zero-order chi connectivity index (χ0) is 19.9. The summed E-state index contributed by atoms with van der Waals surface area (Å²) in [6.45, 7) is 1.93. The molecule has 0 aliphatic carbocycles. The maximum Gasteiger partial charge on any atom is 0.416 e. The molecule has 1 aliphatic heterocycles. The van der Waals surface area contributed by atoms with Gasteiger partial charge in [0.2, 0.25) is 0 Å². The van der Waals surface area contributed by atoms with Crippen molar-refractivity contribution >= 4 is 35.9 Å². The Hall–Kier alpha value is -1.72. The average Bonchev–Trinajstić information content (AvgIpc) is 2.67. The number of esters is 1. The van der Waals surface area contributed by atoms with Crippen LogP contribution in [0.25, 0.3) is 0 Å². The quantitative estimate of drug-likeness (QED) is 0.215. The number of halogens is 4. The van der Waals surface area contributed by atoms with Crippen molar-refractivity contribution in [2.75, 3.05) is 40.4 Å². The Bertz CT molecular complexity index is 663. The zero-order valence-corrected chi connectivity index (χ0v) is 18.1. The number of guanidine groups is 1. The fourth-order valence-corrected chi connectivity index (χ4v) is 2.92. The Morgan fingerprint density at radius 3 is 2.57 bits per heavy atom. The molecule has 0 saturated carbocycles. The van der Waals surface area contributed by atoms with E-state index in [2.05, 4.69) is 10.3 Å². The SMILES string of the molecule is CN=C(NCCOc1cccc(C(F)(F)F)c1)N1CCC(C(=O)OC)CC1.I. The first-order chi connectivity index (χ1) is 12.8. The molecule has 1 aliphatic rings. The molecule has 6 nitrogen and oxygen atoms in total. The lowest BCUT2D eigenvalue weighted by Gasteiger charge is -2.33. The number of nitrogens with zero attached hydrogens (tertiary/aromatic N) is 2. The molecule has 0 spiro atoms. The first kappa shape index (κ1) is 24.3. The number of ether oxygens (including phenoxy) is 2. The summed E-state index contributed by atoms with van der Waals surface area (Å²) in [6.07, 6.45) is -3.02. The van der Waals surface area contributed by atoms with Gasteiger partial charge in [-0.2, -0.15) is 13.2 Å². The van der Waals surface area contributed by atoms with Crippen LogP contribution in [0.3, 0.4) is 0 Å². The largest absolute Gasteiger partial charge is 0.492 e. The summed E-state index contributed by atoms with van der Waals surface area (Å²) < 4.78 is 48.2. The van der Waals surface area contributed by atoms with E-state index in [1.54, 1.807) is 7.05 Å². The third kappa shape index (κ3) is 7.02. The van der Waals surface area contributed by atoms with Gasteiger partial charge in [-0.25, -0.2) is 0 Å². The van der Waals surface area contributed by atoms with Crippen molar-refractivity contribution in [1.29, 1.82) is 0 Å². The number of aliphatic imine (C=N–C) groups is 1. The second-order valence-corrected chi connectivity index (χ2v) is 6.13. The minimum atomic E-state index is -4.39. The molecule has 10 heteroatoms. The van der Waals surface area contributed by atoms with E-state index in [1.165, 1.54) is 19.2 Å². The molecule has 28 heavy (non-hydrogen) atoms. The van der Waals surface area contributed by atoms with Gasteiger partial charge in [-0.1, -0.05) is 6.07 Å². The van der Waals surface area contributed by atoms with Gasteiger partial charge in [0.1, 0.15) is 12.4 Å². The molecule has 0 atom stereocenters. The lowest BCUT2D eigenvalue weighted by atomic mass is 9.97. The maximum absolute atomic E-state index is 12.7. The molecule has 1 aromatic carbocycles. The monoisotopic (exact) mass is 515 g/mol. The van der Waals surface area contributed by atoms with E-state index in [0.717, 1.165) is 12.1 Å². The molecule has 0 amide bonds. The van der Waals surface area contributed by atoms with Crippen LogP contribution in [0, 0.1) is 5.92 Å². The van der Waals surface area contributed by atoms with Crippen LogP contribution in [-0.4, -0.2) is 57.2 Å². The molecule has 158 valence electrons. The molecule has 0 aromatic heterocycles. The van der Waals surface area contributed by atoms with Crippen molar-refractivity contribution in [2.45, 2.75) is 19.0 Å². The number of hydrogen-bond donors (Lipinski definition) is 1. The highest BCUT2D eigenvalue weighted by Gasteiger charge is 2.30. The Kier molecular flexibility index (Phi) is 9.83. The van der Waals surface area contributed by atoms with Crippen LogP contribution in [0.4, 0.5) is 13.2 Å². The number of methoxy groups -OCH3 is 1. The molecule has 0 radical (unpaired) electrons. The van der Waals surface area contributed by atoms with Crippen LogP contribution in [0.5, 0.6) is 5.75 Å². The van der Waals surface area contributed by atoms with Crippen molar-refractivity contribution < 1.29 is 27.4 Å². The Morgan fingerprint density at radius 2 is 2.00 bits per heavy atom. The van der Waals surface area contributed by atoms with Gasteiger partial charge in [-0.05, 0) is 31.0 Å². The highest BCUT2D eigenvalue weighted by molar-refractivity contribution is 14.0. The van der Waals surface area contributed by atoms with Crippen LogP contribution in [-0.2, 0) is 15.7 Å². The van der Waals surface area contributed by atoms with E-state index in [1.807, 2.05) is 4.90 Å². The summed E-state index contributed by atoms with van der Waals surface area (Å²) in [6, 6.07) is 4.79. The van der Waals surface area contributed by atoms with Crippen molar-refractivity contribution in [2.24, 2.45) is 10.9 Å². The number of likely N-dealkylation sites (tertiary alicyclic amines) is 1. The third-order valence-corrected chi connectivity index (χ3v) is 4.36. The van der Waals surface area contributed by atoms with Gasteiger partial charge in [-0.15, -0.1) is 24.0 Å². The molecule has 1 saturated heterocycles. The number of hydrogen-bond acceptors (Lipinski definition) is 4. The number of carbonyl (C=O) groups is 1. The van der Waals surface area contributed by atoms with Gasteiger partial charge < -0.3 is 19.7 Å². The number of nitrogens with one attached hydrogen (secondary N) is 1. The second-order valence-electron chi connectivity index (χ2n) is 6.13.